The van der Waals surface area contributed by atoms with Gasteiger partial charge < -0.3 is 14.5 Å². The zero-order chi connectivity index (χ0) is 56.1. The van der Waals surface area contributed by atoms with Crippen LogP contribution < -0.4 is 0 Å². The Kier molecular flexibility index (Phi) is 21.9. The van der Waals surface area contributed by atoms with Crippen molar-refractivity contribution in [2.24, 2.45) is 0 Å². The summed E-state index contributed by atoms with van der Waals surface area (Å²) in [4.78, 5) is 59.1. The average molecular weight is 1110 g/mol. The standard InChI is InChI=1S/C70H79N3O5S2/c1-68(2,3)78-67(77)72(52-53-73-65(75)62-46-26-27-47-63(62)66(73)76)51-31-28-48-64(74)71(49-29-4-6-32-54-79-69(56-34-14-8-15-35-56,57-36-16-9-17-37-57)58-38-18-10-19-39-58)50-30-5-7-33-55-80-70(59-40-20-11-21-41-59,60-42-22-12-23-43-60)61-44-24-13-25-45-61/h8-27,34-47H,4-7,28-33,48-55H2,1-3H3. The number of hydrogen-bond acceptors (Lipinski definition) is 7. The summed E-state index contributed by atoms with van der Waals surface area (Å²) in [7, 11) is 0. The van der Waals surface area contributed by atoms with E-state index in [1.165, 1.54) is 38.3 Å². The Morgan fingerprint density at radius 3 is 1.06 bits per heavy atom. The molecule has 0 aromatic heterocycles. The maximum atomic E-state index is 14.3. The number of ether oxygens (including phenoxy) is 1. The number of benzene rings is 7. The highest BCUT2D eigenvalue weighted by Crippen LogP contribution is 2.50. The normalized spacial score (nSPS) is 12.6. The first kappa shape index (κ1) is 59.2. The van der Waals surface area contributed by atoms with Gasteiger partial charge in [0.2, 0.25) is 5.91 Å². The first-order chi connectivity index (χ1) is 39.0. The molecule has 0 atom stereocenters. The Balaban J connectivity index is 0.879. The van der Waals surface area contributed by atoms with Crippen molar-refractivity contribution in [3.63, 3.8) is 0 Å². The van der Waals surface area contributed by atoms with Crippen molar-refractivity contribution in [3.05, 3.63) is 251 Å². The van der Waals surface area contributed by atoms with Crippen molar-refractivity contribution < 1.29 is 23.9 Å². The molecule has 80 heavy (non-hydrogen) atoms. The average Bonchev–Trinajstić information content (AvgIpc) is 3.78. The van der Waals surface area contributed by atoms with Crippen LogP contribution in [-0.4, -0.2) is 88.3 Å². The molecule has 0 N–H and O–H groups in total. The summed E-state index contributed by atoms with van der Waals surface area (Å²) in [6.45, 7) is 7.40. The lowest BCUT2D eigenvalue weighted by molar-refractivity contribution is -0.131. The molecule has 0 spiro atoms. The fourth-order valence-electron chi connectivity index (χ4n) is 10.9. The number of rotatable bonds is 30. The monoisotopic (exact) mass is 1110 g/mol. The smallest absolute Gasteiger partial charge is 0.410 e. The second-order valence-electron chi connectivity index (χ2n) is 21.7. The van der Waals surface area contributed by atoms with Gasteiger partial charge in [0.1, 0.15) is 5.60 Å². The summed E-state index contributed by atoms with van der Waals surface area (Å²) in [5.41, 5.74) is 7.66. The third-order valence-corrected chi connectivity index (χ3v) is 18.2. The summed E-state index contributed by atoms with van der Waals surface area (Å²) in [5, 5.41) is 0. The SMILES string of the molecule is CC(C)(C)OC(=O)N(CCCCC(=O)N(CCCCCCSC(c1ccccc1)(c1ccccc1)c1ccccc1)CCCCCCSC(c1ccccc1)(c1ccccc1)c1ccccc1)CCN1C(=O)c2ccccc2C1=O. The Labute approximate surface area is 484 Å². The maximum absolute atomic E-state index is 14.3. The van der Waals surface area contributed by atoms with E-state index >= 15 is 0 Å². The predicted molar refractivity (Wildman–Crippen MR) is 330 cm³/mol. The third kappa shape index (κ3) is 15.3. The molecule has 1 heterocycles. The maximum Gasteiger partial charge on any atom is 0.410 e. The van der Waals surface area contributed by atoms with Gasteiger partial charge in [-0.1, -0.05) is 220 Å². The van der Waals surface area contributed by atoms with Crippen molar-refractivity contribution in [3.8, 4) is 0 Å². The number of imide groups is 1. The highest BCUT2D eigenvalue weighted by Gasteiger charge is 2.39. The van der Waals surface area contributed by atoms with Gasteiger partial charge in [0.25, 0.3) is 11.8 Å². The van der Waals surface area contributed by atoms with Crippen molar-refractivity contribution >= 4 is 47.3 Å². The number of amides is 4. The molecule has 1 aliphatic heterocycles. The van der Waals surface area contributed by atoms with Gasteiger partial charge in [0.05, 0.1) is 20.6 Å². The van der Waals surface area contributed by atoms with Gasteiger partial charge >= 0.3 is 6.09 Å². The zero-order valence-corrected chi connectivity index (χ0v) is 48.7. The van der Waals surface area contributed by atoms with E-state index in [9.17, 15) is 19.2 Å². The van der Waals surface area contributed by atoms with Crippen molar-refractivity contribution in [1.82, 2.24) is 14.7 Å². The topological polar surface area (TPSA) is 87.2 Å². The molecule has 0 bridgehead atoms. The predicted octanol–water partition coefficient (Wildman–Crippen LogP) is 16.1. The lowest BCUT2D eigenvalue weighted by Gasteiger charge is -2.35. The molecule has 0 unspecified atom stereocenters. The van der Waals surface area contributed by atoms with E-state index in [1.54, 1.807) is 29.2 Å². The van der Waals surface area contributed by atoms with E-state index in [4.69, 9.17) is 4.74 Å². The van der Waals surface area contributed by atoms with Crippen LogP contribution in [-0.2, 0) is 19.0 Å². The summed E-state index contributed by atoms with van der Waals surface area (Å²) < 4.78 is 5.09. The van der Waals surface area contributed by atoms with Crippen LogP contribution in [0.5, 0.6) is 0 Å². The number of thioether (sulfide) groups is 2. The fourth-order valence-corrected chi connectivity index (χ4v) is 14.0. The summed E-state index contributed by atoms with van der Waals surface area (Å²) >= 11 is 4.02. The Hall–Kier alpha value is -6.88. The molecule has 1 aliphatic rings. The second kappa shape index (κ2) is 29.5. The van der Waals surface area contributed by atoms with Crippen LogP contribution in [0.15, 0.2) is 206 Å². The van der Waals surface area contributed by atoms with Crippen LogP contribution in [0.25, 0.3) is 0 Å². The molecule has 7 aromatic carbocycles. The number of hydrogen-bond donors (Lipinski definition) is 0. The minimum absolute atomic E-state index is 0.0531. The molecule has 7 aromatic rings. The molecule has 10 heteroatoms. The van der Waals surface area contributed by atoms with Gasteiger partial charge in [-0.3, -0.25) is 19.3 Å². The van der Waals surface area contributed by atoms with Gasteiger partial charge in [0.15, 0.2) is 0 Å². The van der Waals surface area contributed by atoms with E-state index in [1.807, 2.05) is 44.3 Å². The van der Waals surface area contributed by atoms with Gasteiger partial charge in [-0.15, -0.1) is 23.5 Å². The molecule has 0 saturated heterocycles. The molecule has 0 fully saturated rings. The number of carbonyl (C=O) groups is 4. The molecule has 0 aliphatic carbocycles. The van der Waals surface area contributed by atoms with Gasteiger partial charge in [-0.25, -0.2) is 4.79 Å². The molecular weight excluding hydrogens is 1030 g/mol. The molecule has 416 valence electrons. The minimum Gasteiger partial charge on any atom is -0.444 e. The summed E-state index contributed by atoms with van der Waals surface area (Å²) in [6.07, 6.45) is 9.21. The first-order valence-electron chi connectivity index (χ1n) is 28.8. The van der Waals surface area contributed by atoms with Gasteiger partial charge in [-0.2, -0.15) is 0 Å². The fraction of sp³-hybridized carbons (Fsp3) is 0.343. The summed E-state index contributed by atoms with van der Waals surface area (Å²) in [6, 6.07) is 72.1. The van der Waals surface area contributed by atoms with Crippen molar-refractivity contribution in [2.45, 2.75) is 106 Å². The zero-order valence-electron chi connectivity index (χ0n) is 47.1. The molecule has 4 amide bonds. The molecular formula is C70H79N3O5S2. The highest BCUT2D eigenvalue weighted by atomic mass is 32.2. The first-order valence-corrected chi connectivity index (χ1v) is 30.8. The van der Waals surface area contributed by atoms with Crippen LogP contribution in [0, 0.1) is 0 Å². The van der Waals surface area contributed by atoms with Crippen LogP contribution in [0.4, 0.5) is 4.79 Å². The van der Waals surface area contributed by atoms with Gasteiger partial charge in [-0.05, 0) is 116 Å². The van der Waals surface area contributed by atoms with E-state index in [0.29, 0.717) is 50.0 Å². The van der Waals surface area contributed by atoms with E-state index < -0.39 is 11.7 Å². The Bertz CT molecular complexity index is 2640. The van der Waals surface area contributed by atoms with Crippen molar-refractivity contribution in [2.75, 3.05) is 44.2 Å². The number of unbranched alkanes of at least 4 members (excludes halogenated alkanes) is 7. The number of fused-ring (bicyclic) bond motifs is 1. The van der Waals surface area contributed by atoms with Crippen LogP contribution >= 0.6 is 23.5 Å². The number of carbonyl (C=O) groups excluding carboxylic acids is 4. The minimum atomic E-state index is -0.729. The van der Waals surface area contributed by atoms with E-state index in [2.05, 4.69) is 187 Å². The Morgan fingerprint density at radius 1 is 0.400 bits per heavy atom. The van der Waals surface area contributed by atoms with Crippen molar-refractivity contribution in [1.29, 1.82) is 0 Å². The van der Waals surface area contributed by atoms with Gasteiger partial charge in [0, 0.05) is 39.1 Å². The molecule has 8 nitrogen and oxygen atoms in total. The van der Waals surface area contributed by atoms with E-state index in [-0.39, 0.29) is 40.3 Å². The van der Waals surface area contributed by atoms with Crippen LogP contribution in [0.2, 0.25) is 0 Å². The lowest BCUT2D eigenvalue weighted by Crippen LogP contribution is -2.43. The third-order valence-electron chi connectivity index (χ3n) is 14.9. The Morgan fingerprint density at radius 2 is 0.713 bits per heavy atom. The van der Waals surface area contributed by atoms with Crippen LogP contribution in [0.3, 0.4) is 0 Å². The summed E-state index contributed by atoms with van der Waals surface area (Å²) in [5.74, 6) is 1.40. The lowest BCUT2D eigenvalue weighted by atomic mass is 9.84. The van der Waals surface area contributed by atoms with Crippen LogP contribution in [0.1, 0.15) is 145 Å². The molecule has 0 radical (unpaired) electrons. The quantitative estimate of drug-likeness (QED) is 0.0252. The number of nitrogens with zero attached hydrogens (tertiary/aromatic N) is 3. The molecule has 0 saturated carbocycles. The van der Waals surface area contributed by atoms with E-state index in [0.717, 1.165) is 62.9 Å². The molecule has 8 rings (SSSR count). The highest BCUT2D eigenvalue weighted by molar-refractivity contribution is 8.00. The second-order valence-corrected chi connectivity index (χ2v) is 24.3. The largest absolute Gasteiger partial charge is 0.444 e.